The van der Waals surface area contributed by atoms with Crippen LogP contribution in [0.2, 0.25) is 0 Å². The minimum absolute atomic E-state index is 0.00202. The second-order valence-electron chi connectivity index (χ2n) is 16.5. The largest absolute Gasteiger partial charge is 0.458 e. The number of rotatable bonds is 7. The Labute approximate surface area is 345 Å². The Balaban J connectivity index is 1.36. The number of nitrogens with one attached hydrogen (secondary N) is 3. The molecular formula is C42H51F3N6O9. The van der Waals surface area contributed by atoms with Gasteiger partial charge in [0, 0.05) is 38.5 Å². The van der Waals surface area contributed by atoms with Gasteiger partial charge in [0.25, 0.3) is 0 Å². The van der Waals surface area contributed by atoms with Crippen molar-refractivity contribution in [1.82, 2.24) is 30.7 Å². The maximum Gasteiger partial charge on any atom is 0.329 e. The van der Waals surface area contributed by atoms with Crippen LogP contribution >= 0.6 is 0 Å². The van der Waals surface area contributed by atoms with E-state index in [0.717, 1.165) is 17.0 Å². The Bertz CT molecular complexity index is 2020. The summed E-state index contributed by atoms with van der Waals surface area (Å²) in [7, 11) is 0. The molecule has 15 nitrogen and oxygen atoms in total. The molecule has 0 unspecified atom stereocenters. The highest BCUT2D eigenvalue weighted by atomic mass is 19.1. The number of esters is 1. The predicted octanol–water partition coefficient (Wildman–Crippen LogP) is 1.20. The number of halogens is 3. The number of carbonyl (C=O) groups is 7. The molecule has 324 valence electrons. The Kier molecular flexibility index (Phi) is 13.5. The molecular weight excluding hydrogens is 789 g/mol. The van der Waals surface area contributed by atoms with E-state index in [1.165, 1.54) is 35.8 Å². The third-order valence-corrected chi connectivity index (χ3v) is 11.6. The summed E-state index contributed by atoms with van der Waals surface area (Å²) in [5.41, 5.74) is 0.547. The van der Waals surface area contributed by atoms with Crippen molar-refractivity contribution in [3.63, 3.8) is 0 Å². The molecule has 2 aromatic rings. The summed E-state index contributed by atoms with van der Waals surface area (Å²) in [5.74, 6) is -8.34. The van der Waals surface area contributed by atoms with Crippen molar-refractivity contribution in [2.75, 3.05) is 19.6 Å². The molecule has 0 bridgehead atoms. The van der Waals surface area contributed by atoms with Crippen molar-refractivity contribution < 1.29 is 56.6 Å². The Morgan fingerprint density at radius 3 is 2.27 bits per heavy atom. The van der Waals surface area contributed by atoms with Gasteiger partial charge in [-0.3, -0.25) is 28.8 Å². The van der Waals surface area contributed by atoms with Crippen molar-refractivity contribution in [3.05, 3.63) is 70.5 Å². The third kappa shape index (κ3) is 9.91. The highest BCUT2D eigenvalue weighted by Gasteiger charge is 2.49. The maximum atomic E-state index is 14.8. The summed E-state index contributed by atoms with van der Waals surface area (Å²) in [4.78, 5) is 102. The van der Waals surface area contributed by atoms with Crippen LogP contribution in [0.15, 0.2) is 36.4 Å². The number of ether oxygens (including phenoxy) is 1. The number of amides is 6. The van der Waals surface area contributed by atoms with E-state index in [-0.39, 0.29) is 55.9 Å². The molecule has 0 aromatic heterocycles. The molecule has 4 saturated heterocycles. The molecule has 0 radical (unpaired) electrons. The smallest absolute Gasteiger partial charge is 0.329 e. The van der Waals surface area contributed by atoms with Gasteiger partial charge in [-0.2, -0.15) is 0 Å². The summed E-state index contributed by atoms with van der Waals surface area (Å²) < 4.78 is 49.3. The fraction of sp³-hybridized carbons (Fsp3) is 0.548. The molecule has 4 fully saturated rings. The van der Waals surface area contributed by atoms with Gasteiger partial charge in [-0.05, 0) is 87.3 Å². The second-order valence-corrected chi connectivity index (χ2v) is 16.5. The molecule has 0 spiro atoms. The minimum Gasteiger partial charge on any atom is -0.458 e. The fourth-order valence-electron chi connectivity index (χ4n) is 8.61. The number of hydrogen-bond donors (Lipinski definition) is 4. The van der Waals surface area contributed by atoms with Crippen molar-refractivity contribution in [3.8, 4) is 0 Å². The van der Waals surface area contributed by atoms with Gasteiger partial charge in [0.15, 0.2) is 0 Å². The molecule has 4 N–H and O–H groups in total. The molecule has 60 heavy (non-hydrogen) atoms. The third-order valence-electron chi connectivity index (χ3n) is 11.6. The van der Waals surface area contributed by atoms with Gasteiger partial charge in [0.2, 0.25) is 35.4 Å². The van der Waals surface area contributed by atoms with E-state index in [0.29, 0.717) is 24.5 Å². The van der Waals surface area contributed by atoms with E-state index in [2.05, 4.69) is 16.0 Å². The Morgan fingerprint density at radius 2 is 1.57 bits per heavy atom. The number of cyclic esters (lactones) is 1. The minimum atomic E-state index is -1.78. The molecule has 18 heteroatoms. The zero-order valence-electron chi connectivity index (χ0n) is 33.9. The van der Waals surface area contributed by atoms with E-state index in [1.54, 1.807) is 13.0 Å². The maximum absolute atomic E-state index is 14.8. The summed E-state index contributed by atoms with van der Waals surface area (Å²) in [6.45, 7) is 6.23. The fourth-order valence-corrected chi connectivity index (χ4v) is 8.61. The van der Waals surface area contributed by atoms with Crippen molar-refractivity contribution in [1.29, 1.82) is 0 Å². The topological polar surface area (TPSA) is 195 Å². The van der Waals surface area contributed by atoms with E-state index >= 15 is 0 Å². The summed E-state index contributed by atoms with van der Waals surface area (Å²) in [6.07, 6.45) is -2.33. The second kappa shape index (κ2) is 18.4. The van der Waals surface area contributed by atoms with Crippen molar-refractivity contribution in [2.24, 2.45) is 5.92 Å². The van der Waals surface area contributed by atoms with Gasteiger partial charge >= 0.3 is 5.97 Å². The van der Waals surface area contributed by atoms with Gasteiger partial charge in [-0.15, -0.1) is 0 Å². The summed E-state index contributed by atoms with van der Waals surface area (Å²) >= 11 is 0. The molecule has 6 amide bonds. The number of nitrogens with zero attached hydrogens (tertiary/aromatic N) is 3. The van der Waals surface area contributed by atoms with Gasteiger partial charge < -0.3 is 40.5 Å². The predicted molar refractivity (Wildman–Crippen MR) is 207 cm³/mol. The first-order chi connectivity index (χ1) is 28.4. The van der Waals surface area contributed by atoms with Crippen molar-refractivity contribution >= 4 is 41.4 Å². The lowest BCUT2D eigenvalue weighted by atomic mass is 9.98. The lowest BCUT2D eigenvalue weighted by Crippen LogP contribution is -2.63. The van der Waals surface area contributed by atoms with Crippen LogP contribution in [-0.4, -0.2) is 129 Å². The van der Waals surface area contributed by atoms with Gasteiger partial charge in [0.05, 0.1) is 12.5 Å². The first-order valence-corrected chi connectivity index (χ1v) is 20.3. The molecule has 6 rings (SSSR count). The number of benzene rings is 2. The molecule has 0 aliphatic carbocycles. The van der Waals surface area contributed by atoms with Crippen LogP contribution in [0, 0.1) is 30.3 Å². The van der Waals surface area contributed by atoms with Crippen LogP contribution in [0.5, 0.6) is 0 Å². The first-order valence-electron chi connectivity index (χ1n) is 20.3. The first kappa shape index (κ1) is 44.0. The van der Waals surface area contributed by atoms with E-state index < -0.39 is 120 Å². The van der Waals surface area contributed by atoms with Gasteiger partial charge in [0.1, 0.15) is 59.8 Å². The number of aliphatic hydroxyl groups excluding tert-OH is 1. The number of aliphatic hydroxyl groups is 1. The number of carbonyl (C=O) groups excluding carboxylic acids is 7. The number of hydrogen-bond acceptors (Lipinski definition) is 9. The number of fused-ring (bicyclic) bond motifs is 3. The highest BCUT2D eigenvalue weighted by Crippen LogP contribution is 2.29. The normalized spacial score (nSPS) is 28.3. The summed E-state index contributed by atoms with van der Waals surface area (Å²) in [6, 6.07) is -1.21. The van der Waals surface area contributed by atoms with Crippen LogP contribution in [0.3, 0.4) is 0 Å². The average molecular weight is 841 g/mol. The lowest BCUT2D eigenvalue weighted by molar-refractivity contribution is -0.163. The van der Waals surface area contributed by atoms with Crippen LogP contribution in [-0.2, 0) is 51.1 Å². The molecule has 9 atom stereocenters. The van der Waals surface area contributed by atoms with Crippen LogP contribution < -0.4 is 16.0 Å². The number of piperidine rings is 1. The van der Waals surface area contributed by atoms with Crippen LogP contribution in [0.25, 0.3) is 0 Å². The summed E-state index contributed by atoms with van der Waals surface area (Å²) in [5, 5.41) is 18.6. The van der Waals surface area contributed by atoms with E-state index in [4.69, 9.17) is 4.74 Å². The average Bonchev–Trinajstić information content (AvgIpc) is 3.78. The molecule has 4 heterocycles. The Morgan fingerprint density at radius 1 is 0.867 bits per heavy atom. The SMILES string of the molecule is Cc1ccc(CC(=O)N[C@@H](Cc2cc(F)cc(F)c2)C(=O)N[C@@H]2C(=O)N3C[C@H](O)C[C@H]3C(=O)N3CCCC[C@H]3C(=O)N[C@@H](C)C(=O)N3C[C@H](C)C[C@H]3C(=O)O[C@H]2C)c(F)c1. The van der Waals surface area contributed by atoms with Crippen LogP contribution in [0.1, 0.15) is 69.6 Å². The zero-order valence-corrected chi connectivity index (χ0v) is 33.9. The van der Waals surface area contributed by atoms with Crippen molar-refractivity contribution in [2.45, 2.75) is 121 Å². The molecule has 4 aliphatic rings. The monoisotopic (exact) mass is 840 g/mol. The number of aryl methyl sites for hydroxylation is 1. The van der Waals surface area contributed by atoms with Crippen LogP contribution in [0.4, 0.5) is 13.2 Å². The molecule has 0 saturated carbocycles. The Hall–Kier alpha value is -5.52. The van der Waals surface area contributed by atoms with E-state index in [1.807, 2.05) is 6.92 Å². The molecule has 2 aromatic carbocycles. The van der Waals surface area contributed by atoms with Gasteiger partial charge in [-0.1, -0.05) is 19.1 Å². The lowest BCUT2D eigenvalue weighted by Gasteiger charge is -2.39. The standard InChI is InChI=1S/C42H51F3N6O9/c1-21-8-9-26(30(45)11-21)16-35(53)47-31(15-25-13-27(43)17-28(44)14-25)37(54)48-36-24(4)60-42(59)34-12-22(2)19-50(34)39(56)23(3)46-38(55)32-7-5-6-10-49(32)40(57)33-18-29(52)20-51(33)41(36)58/h8-9,11,13-14,17,22-24,29,31-34,36,52H,5-7,10,12,15-16,18-20H2,1-4H3,(H,46,55)(H,47,53)(H,48,54)/t22-,23+,24+,29-,31+,32+,33+,34+,36+/m1/s1. The highest BCUT2D eigenvalue weighted by molar-refractivity contribution is 5.98. The zero-order chi connectivity index (χ0) is 43.6. The molecule has 4 aliphatic heterocycles. The quantitative estimate of drug-likeness (QED) is 0.297. The van der Waals surface area contributed by atoms with E-state index in [9.17, 15) is 51.8 Å². The van der Waals surface area contributed by atoms with Gasteiger partial charge in [-0.25, -0.2) is 18.0 Å².